The molecule has 0 bridgehead atoms. The van der Waals surface area contributed by atoms with Crippen molar-refractivity contribution >= 4 is 34.2 Å². The molecule has 36 heavy (non-hydrogen) atoms. The highest BCUT2D eigenvalue weighted by molar-refractivity contribution is 6.30. The molecule has 0 radical (unpaired) electrons. The summed E-state index contributed by atoms with van der Waals surface area (Å²) in [6, 6.07) is 24.4. The second kappa shape index (κ2) is 10.9. The Balaban J connectivity index is 1.25. The van der Waals surface area contributed by atoms with Gasteiger partial charge in [0.25, 0.3) is 0 Å². The minimum Gasteiger partial charge on any atom is -0.326 e. The van der Waals surface area contributed by atoms with Crippen LogP contribution in [-0.4, -0.2) is 33.4 Å². The van der Waals surface area contributed by atoms with Crippen LogP contribution in [-0.2, 0) is 17.9 Å². The van der Waals surface area contributed by atoms with E-state index in [0.717, 1.165) is 66.6 Å². The monoisotopic (exact) mass is 500 g/mol. The average Bonchev–Trinajstić information content (AvgIpc) is 3.22. The summed E-state index contributed by atoms with van der Waals surface area (Å²) in [5, 5.41) is 3.95. The summed E-state index contributed by atoms with van der Waals surface area (Å²) in [6.07, 6.45) is 1.71. The highest BCUT2D eigenvalue weighted by Gasteiger charge is 2.26. The van der Waals surface area contributed by atoms with Crippen LogP contribution >= 0.6 is 11.6 Å². The lowest BCUT2D eigenvalue weighted by molar-refractivity contribution is -0.121. The molecule has 1 amide bonds. The number of anilines is 1. The summed E-state index contributed by atoms with van der Waals surface area (Å²) in [4.78, 5) is 20.4. The molecule has 4 aromatic rings. The van der Waals surface area contributed by atoms with Crippen molar-refractivity contribution in [2.75, 3.05) is 18.4 Å². The summed E-state index contributed by atoms with van der Waals surface area (Å²) >= 11 is 6.10. The van der Waals surface area contributed by atoms with E-state index in [2.05, 4.69) is 65.0 Å². The molecule has 6 heteroatoms. The molecule has 5 nitrogen and oxygen atoms in total. The summed E-state index contributed by atoms with van der Waals surface area (Å²) in [5.41, 5.74) is 5.47. The van der Waals surface area contributed by atoms with Crippen molar-refractivity contribution in [2.45, 2.75) is 45.7 Å². The molecule has 0 aliphatic carbocycles. The number of nitrogens with zero attached hydrogens (tertiary/aromatic N) is 3. The van der Waals surface area contributed by atoms with Gasteiger partial charge in [-0.25, -0.2) is 4.98 Å². The molecule has 1 saturated heterocycles. The highest BCUT2D eigenvalue weighted by Crippen LogP contribution is 2.27. The molecule has 2 heterocycles. The number of para-hydroxylation sites is 3. The van der Waals surface area contributed by atoms with Gasteiger partial charge >= 0.3 is 0 Å². The number of halogens is 1. The lowest BCUT2D eigenvalue weighted by atomic mass is 9.95. The van der Waals surface area contributed by atoms with Crippen LogP contribution in [0.5, 0.6) is 0 Å². The molecule has 0 spiro atoms. The van der Waals surface area contributed by atoms with E-state index >= 15 is 0 Å². The Morgan fingerprint density at radius 2 is 1.67 bits per heavy atom. The largest absolute Gasteiger partial charge is 0.326 e. The van der Waals surface area contributed by atoms with Crippen molar-refractivity contribution in [3.05, 3.63) is 94.8 Å². The fourth-order valence-corrected chi connectivity index (χ4v) is 5.22. The van der Waals surface area contributed by atoms with Gasteiger partial charge in [-0.15, -0.1) is 0 Å². The van der Waals surface area contributed by atoms with Crippen molar-refractivity contribution in [3.63, 3.8) is 0 Å². The van der Waals surface area contributed by atoms with Crippen LogP contribution in [0.2, 0.25) is 5.02 Å². The summed E-state index contributed by atoms with van der Waals surface area (Å²) in [7, 11) is 0. The van der Waals surface area contributed by atoms with Gasteiger partial charge in [0.05, 0.1) is 17.6 Å². The Hall–Kier alpha value is -3.15. The van der Waals surface area contributed by atoms with Crippen LogP contribution in [0.25, 0.3) is 11.0 Å². The fourth-order valence-electron chi connectivity index (χ4n) is 5.10. The van der Waals surface area contributed by atoms with Crippen LogP contribution in [0.4, 0.5) is 5.69 Å². The number of likely N-dealkylation sites (tertiary alicyclic amines) is 1. The highest BCUT2D eigenvalue weighted by atomic mass is 35.5. The van der Waals surface area contributed by atoms with E-state index in [1.165, 1.54) is 11.1 Å². The van der Waals surface area contributed by atoms with Gasteiger partial charge in [0.2, 0.25) is 5.91 Å². The predicted molar refractivity (Wildman–Crippen MR) is 147 cm³/mol. The average molecular weight is 501 g/mol. The zero-order chi connectivity index (χ0) is 25.1. The minimum absolute atomic E-state index is 0.0364. The first-order chi connectivity index (χ1) is 17.5. The van der Waals surface area contributed by atoms with E-state index in [9.17, 15) is 4.79 Å². The Kier molecular flexibility index (Phi) is 7.40. The number of carbonyl (C=O) groups excluding carboxylic acids is 1. The number of nitrogens with one attached hydrogen (secondary N) is 1. The molecule has 186 valence electrons. The van der Waals surface area contributed by atoms with E-state index < -0.39 is 0 Å². The number of imidazole rings is 1. The van der Waals surface area contributed by atoms with Crippen molar-refractivity contribution in [1.82, 2.24) is 14.5 Å². The van der Waals surface area contributed by atoms with Crippen molar-refractivity contribution in [3.8, 4) is 0 Å². The number of amides is 1. The zero-order valence-corrected chi connectivity index (χ0v) is 21.7. The third kappa shape index (κ3) is 5.48. The molecule has 1 aromatic heterocycles. The predicted octanol–water partition coefficient (Wildman–Crippen LogP) is 6.71. The van der Waals surface area contributed by atoms with Gasteiger partial charge in [0.1, 0.15) is 5.82 Å². The maximum atomic E-state index is 13.1. The molecule has 0 unspecified atom stereocenters. The molecule has 0 saturated carbocycles. The number of piperidine rings is 1. The third-order valence-corrected chi connectivity index (χ3v) is 7.40. The van der Waals surface area contributed by atoms with Crippen molar-refractivity contribution in [1.29, 1.82) is 0 Å². The molecular formula is C30H33ClN4O. The lowest BCUT2D eigenvalue weighted by Gasteiger charge is -2.31. The van der Waals surface area contributed by atoms with Crippen molar-refractivity contribution in [2.24, 2.45) is 5.92 Å². The molecule has 1 fully saturated rings. The standard InChI is InChI=1S/C30H33ClN4O/c1-21(2)25-7-3-4-8-26(25)33-30(36)23-15-17-34(18-16-23)20-29-32-27-9-5-6-10-28(27)35(29)19-22-11-13-24(31)14-12-22/h3-14,21,23H,15-20H2,1-2H3,(H,33,36). The van der Waals surface area contributed by atoms with Gasteiger partial charge in [-0.3, -0.25) is 9.69 Å². The number of rotatable bonds is 7. The normalized spacial score (nSPS) is 15.0. The van der Waals surface area contributed by atoms with Crippen LogP contribution < -0.4 is 5.32 Å². The summed E-state index contributed by atoms with van der Waals surface area (Å²) < 4.78 is 2.31. The van der Waals surface area contributed by atoms with E-state index in [4.69, 9.17) is 16.6 Å². The fraction of sp³-hybridized carbons (Fsp3) is 0.333. The quantitative estimate of drug-likeness (QED) is 0.306. The molecule has 1 aliphatic heterocycles. The van der Waals surface area contributed by atoms with Crippen LogP contribution in [0.3, 0.4) is 0 Å². The van der Waals surface area contributed by atoms with Gasteiger partial charge in [-0.1, -0.05) is 67.9 Å². The van der Waals surface area contributed by atoms with Gasteiger partial charge < -0.3 is 9.88 Å². The second-order valence-electron chi connectivity index (χ2n) is 10.0. The Labute approximate surface area is 218 Å². The van der Waals surface area contributed by atoms with Crippen molar-refractivity contribution < 1.29 is 4.79 Å². The smallest absolute Gasteiger partial charge is 0.227 e. The number of carbonyl (C=O) groups is 1. The third-order valence-electron chi connectivity index (χ3n) is 7.15. The van der Waals surface area contributed by atoms with Crippen LogP contribution in [0, 0.1) is 5.92 Å². The number of aromatic nitrogens is 2. The number of hydrogen-bond donors (Lipinski definition) is 1. The molecule has 3 aromatic carbocycles. The summed E-state index contributed by atoms with van der Waals surface area (Å²) in [5.74, 6) is 1.60. The topological polar surface area (TPSA) is 50.2 Å². The molecule has 5 rings (SSSR count). The Bertz CT molecular complexity index is 1340. The van der Waals surface area contributed by atoms with Crippen LogP contribution in [0.15, 0.2) is 72.8 Å². The Morgan fingerprint density at radius 1 is 0.972 bits per heavy atom. The Morgan fingerprint density at radius 3 is 2.42 bits per heavy atom. The van der Waals surface area contributed by atoms with Gasteiger partial charge in [-0.05, 0) is 73.3 Å². The van der Waals surface area contributed by atoms with Gasteiger partial charge in [-0.2, -0.15) is 0 Å². The first-order valence-electron chi connectivity index (χ1n) is 12.8. The SMILES string of the molecule is CC(C)c1ccccc1NC(=O)C1CCN(Cc2nc3ccccc3n2Cc2ccc(Cl)cc2)CC1. The maximum absolute atomic E-state index is 13.1. The molecule has 1 aliphatic rings. The maximum Gasteiger partial charge on any atom is 0.227 e. The number of hydrogen-bond acceptors (Lipinski definition) is 3. The van der Waals surface area contributed by atoms with E-state index in [1.54, 1.807) is 0 Å². The zero-order valence-electron chi connectivity index (χ0n) is 21.0. The second-order valence-corrected chi connectivity index (χ2v) is 10.4. The van der Waals surface area contributed by atoms with E-state index in [0.29, 0.717) is 5.92 Å². The van der Waals surface area contributed by atoms with E-state index in [-0.39, 0.29) is 11.8 Å². The summed E-state index contributed by atoms with van der Waals surface area (Å²) in [6.45, 7) is 7.60. The molecule has 0 atom stereocenters. The minimum atomic E-state index is 0.0364. The number of fused-ring (bicyclic) bond motifs is 1. The molecular weight excluding hydrogens is 468 g/mol. The van der Waals surface area contributed by atoms with Gasteiger partial charge in [0, 0.05) is 23.2 Å². The number of benzene rings is 3. The van der Waals surface area contributed by atoms with E-state index in [1.807, 2.05) is 36.4 Å². The first kappa shape index (κ1) is 24.5. The van der Waals surface area contributed by atoms with Gasteiger partial charge in [0.15, 0.2) is 0 Å². The van der Waals surface area contributed by atoms with Crippen LogP contribution in [0.1, 0.15) is 49.6 Å². The molecule has 1 N–H and O–H groups in total. The lowest BCUT2D eigenvalue weighted by Crippen LogP contribution is -2.38. The first-order valence-corrected chi connectivity index (χ1v) is 13.2.